The lowest BCUT2D eigenvalue weighted by Gasteiger charge is -2.10. The molecule has 0 aromatic rings. The Kier molecular flexibility index (Phi) is 4.89. The second-order valence-electron chi connectivity index (χ2n) is 1.17. The van der Waals surface area contributed by atoms with Crippen LogP contribution in [0.1, 0.15) is 6.42 Å². The first-order chi connectivity index (χ1) is 3.81. The smallest absolute Gasteiger partial charge is 0.356 e. The van der Waals surface area contributed by atoms with Crippen molar-refractivity contribution in [3.8, 4) is 0 Å². The normalized spacial score (nSPS) is 14.4. The second kappa shape index (κ2) is 4.99. The lowest BCUT2D eigenvalue weighted by Crippen LogP contribution is -2.37. The molecule has 0 atom stereocenters. The molecule has 1 aliphatic heterocycles. The van der Waals surface area contributed by atoms with E-state index in [2.05, 4.69) is 17.0 Å². The van der Waals surface area contributed by atoms with E-state index in [1.165, 1.54) is 0 Å². The average Bonchev–Trinajstić information content (AvgIpc) is 1.64. The molecular formula is C3H6NO2S2+. The third-order valence-corrected chi connectivity index (χ3v) is 0.674. The molecule has 0 aliphatic carbocycles. The molecule has 1 fully saturated rings. The Bertz CT molecular complexity index is 89.3. The Hall–Kier alpha value is -0.160. The van der Waals surface area contributed by atoms with Crippen molar-refractivity contribution in [1.29, 1.82) is 0 Å². The van der Waals surface area contributed by atoms with Crippen molar-refractivity contribution in [3.63, 3.8) is 0 Å². The standard InChI is InChI=1S/C3H5NO.OS2/c5-3-1-2-4-3;1-3-2/h1-2H2,(H,4,5);/p+1. The van der Waals surface area contributed by atoms with E-state index >= 15 is 0 Å². The number of β-lactam (4-membered cyclic amide) rings is 1. The molecule has 3 nitrogen and oxygen atoms in total. The zero-order chi connectivity index (χ0) is 6.41. The minimum Gasteiger partial charge on any atom is -0.356 e. The Morgan fingerprint density at radius 3 is 2.00 bits per heavy atom. The number of carbonyl (C=O) groups is 1. The summed E-state index contributed by atoms with van der Waals surface area (Å²) < 4.78 is 8.71. The van der Waals surface area contributed by atoms with Crippen LogP contribution in [0, 0.1) is 0 Å². The molecule has 0 spiro atoms. The quantitative estimate of drug-likeness (QED) is 0.218. The number of nitrogens with one attached hydrogen (secondary N) is 1. The van der Waals surface area contributed by atoms with E-state index in [-0.39, 0.29) is 16.6 Å². The van der Waals surface area contributed by atoms with Gasteiger partial charge in [0.05, 0.1) is 4.21 Å². The molecule has 0 saturated carbocycles. The fraction of sp³-hybridized carbons (Fsp3) is 0.667. The van der Waals surface area contributed by atoms with E-state index in [4.69, 9.17) is 4.21 Å². The molecule has 1 heterocycles. The molecule has 1 saturated heterocycles. The van der Waals surface area contributed by atoms with Gasteiger partial charge in [0.2, 0.25) is 17.6 Å². The van der Waals surface area contributed by atoms with Crippen LogP contribution in [0.4, 0.5) is 0 Å². The summed E-state index contributed by atoms with van der Waals surface area (Å²) in [6.45, 7) is 0.888. The van der Waals surface area contributed by atoms with Crippen molar-refractivity contribution in [3.05, 3.63) is 0 Å². The van der Waals surface area contributed by atoms with Crippen molar-refractivity contribution >= 4 is 28.3 Å². The van der Waals surface area contributed by atoms with E-state index in [9.17, 15) is 4.79 Å². The molecule has 0 bridgehead atoms. The van der Waals surface area contributed by atoms with E-state index in [0.717, 1.165) is 13.0 Å². The van der Waals surface area contributed by atoms with Crippen molar-refractivity contribution in [1.82, 2.24) is 5.32 Å². The monoisotopic (exact) mass is 152 g/mol. The molecule has 46 valence electrons. The lowest BCUT2D eigenvalue weighted by molar-refractivity contribution is -0.125. The highest BCUT2D eigenvalue weighted by Crippen LogP contribution is 1.85. The van der Waals surface area contributed by atoms with Gasteiger partial charge in [-0.2, -0.15) is 0 Å². The molecule has 1 amide bonds. The van der Waals surface area contributed by atoms with Gasteiger partial charge in [0.1, 0.15) is 0 Å². The van der Waals surface area contributed by atoms with Gasteiger partial charge in [0.25, 0.3) is 0 Å². The summed E-state index contributed by atoms with van der Waals surface area (Å²) in [5.74, 6) is 0.185. The summed E-state index contributed by atoms with van der Waals surface area (Å²) in [6, 6.07) is 0. The highest BCUT2D eigenvalue weighted by Gasteiger charge is 2.07. The number of carbonyl (C=O) groups excluding carboxylic acids is 1. The van der Waals surface area contributed by atoms with Crippen LogP contribution in [0.2, 0.25) is 0 Å². The molecule has 1 N–H and O–H groups in total. The summed E-state index contributed by atoms with van der Waals surface area (Å²) in [7, 11) is 0.194. The highest BCUT2D eigenvalue weighted by atomic mass is 33.1. The average molecular weight is 152 g/mol. The maximum Gasteiger partial charge on any atom is 0.545 e. The van der Waals surface area contributed by atoms with Gasteiger partial charge >= 0.3 is 10.7 Å². The fourth-order valence-corrected chi connectivity index (χ4v) is 0.227. The predicted molar refractivity (Wildman–Crippen MR) is 34.7 cm³/mol. The van der Waals surface area contributed by atoms with Crippen LogP contribution in [0.3, 0.4) is 0 Å². The second-order valence-corrected chi connectivity index (χ2v) is 1.77. The van der Waals surface area contributed by atoms with E-state index in [1.54, 1.807) is 0 Å². The number of hydrogen-bond acceptors (Lipinski definition) is 2. The summed E-state index contributed by atoms with van der Waals surface area (Å²) in [6.07, 6.45) is 0.736. The third kappa shape index (κ3) is 4.01. The summed E-state index contributed by atoms with van der Waals surface area (Å²) in [4.78, 5) is 9.79. The maximum atomic E-state index is 9.79. The van der Waals surface area contributed by atoms with Crippen LogP contribution in [0.15, 0.2) is 0 Å². The minimum absolute atomic E-state index is 0.185. The van der Waals surface area contributed by atoms with Crippen molar-refractivity contribution in [2.75, 3.05) is 6.54 Å². The molecule has 0 radical (unpaired) electrons. The zero-order valence-corrected chi connectivity index (χ0v) is 5.80. The number of hydrogen-bond donors (Lipinski definition) is 2. The van der Waals surface area contributed by atoms with Crippen molar-refractivity contribution in [2.45, 2.75) is 6.42 Å². The molecule has 5 heteroatoms. The summed E-state index contributed by atoms with van der Waals surface area (Å²) in [5, 5.41) is 2.57. The summed E-state index contributed by atoms with van der Waals surface area (Å²) >= 11 is 3.15. The van der Waals surface area contributed by atoms with Crippen molar-refractivity contribution in [2.24, 2.45) is 0 Å². The van der Waals surface area contributed by atoms with Crippen LogP contribution in [0.5, 0.6) is 0 Å². The number of thiol groups is 1. The Morgan fingerprint density at radius 1 is 1.75 bits per heavy atom. The van der Waals surface area contributed by atoms with E-state index in [0.29, 0.717) is 0 Å². The topological polar surface area (TPSA) is 46.2 Å². The van der Waals surface area contributed by atoms with Gasteiger partial charge in [-0.1, -0.05) is 0 Å². The Balaban J connectivity index is 0.000000145. The number of rotatable bonds is 0. The van der Waals surface area contributed by atoms with Gasteiger partial charge < -0.3 is 5.32 Å². The fourth-order valence-electron chi connectivity index (χ4n) is 0.227. The third-order valence-electron chi connectivity index (χ3n) is 0.674. The summed E-state index contributed by atoms with van der Waals surface area (Å²) in [5.41, 5.74) is 0. The molecule has 0 aromatic heterocycles. The first kappa shape index (κ1) is 7.84. The van der Waals surface area contributed by atoms with Crippen molar-refractivity contribution < 1.29 is 9.00 Å². The van der Waals surface area contributed by atoms with Crippen LogP contribution < -0.4 is 5.32 Å². The highest BCUT2D eigenvalue weighted by molar-refractivity contribution is 8.51. The van der Waals surface area contributed by atoms with Crippen LogP contribution >= 0.6 is 11.7 Å². The van der Waals surface area contributed by atoms with Crippen LogP contribution in [0.25, 0.3) is 0 Å². The minimum atomic E-state index is 0.185. The van der Waals surface area contributed by atoms with E-state index in [1.807, 2.05) is 0 Å². The predicted octanol–water partition coefficient (Wildman–Crippen LogP) is -0.234. The zero-order valence-electron chi connectivity index (χ0n) is 4.09. The molecular weight excluding hydrogens is 146 g/mol. The lowest BCUT2D eigenvalue weighted by atomic mass is 10.3. The molecule has 1 rings (SSSR count). The molecule has 0 unspecified atom stereocenters. The molecule has 0 aromatic carbocycles. The van der Waals surface area contributed by atoms with Gasteiger partial charge in [0.15, 0.2) is 0 Å². The van der Waals surface area contributed by atoms with Gasteiger partial charge in [0, 0.05) is 13.0 Å². The largest absolute Gasteiger partial charge is 0.545 e. The van der Waals surface area contributed by atoms with E-state index < -0.39 is 0 Å². The van der Waals surface area contributed by atoms with Crippen LogP contribution in [-0.4, -0.2) is 12.5 Å². The Labute approximate surface area is 56.1 Å². The SMILES string of the molecule is O=C1CCN1.O=[S+]S. The Morgan fingerprint density at radius 2 is 2.00 bits per heavy atom. The molecule has 8 heavy (non-hydrogen) atoms. The van der Waals surface area contributed by atoms with Gasteiger partial charge in [-0.3, -0.25) is 4.79 Å². The maximum absolute atomic E-state index is 9.79. The first-order valence-corrected chi connectivity index (χ1v) is 3.80. The van der Waals surface area contributed by atoms with Gasteiger partial charge in [-0.05, 0) is 0 Å². The molecule has 1 aliphatic rings. The first-order valence-electron chi connectivity index (χ1n) is 2.01. The number of amides is 1. The van der Waals surface area contributed by atoms with Gasteiger partial charge in [-0.15, -0.1) is 0 Å². The van der Waals surface area contributed by atoms with Crippen LogP contribution in [-0.2, 0) is 19.7 Å². The van der Waals surface area contributed by atoms with Gasteiger partial charge in [-0.25, -0.2) is 0 Å².